The third-order valence-electron chi connectivity index (χ3n) is 2.44. The second-order valence-corrected chi connectivity index (χ2v) is 3.89. The molecule has 0 aliphatic rings. The Morgan fingerprint density at radius 1 is 1.21 bits per heavy atom. The van der Waals surface area contributed by atoms with Crippen molar-refractivity contribution < 1.29 is 4.79 Å². The van der Waals surface area contributed by atoms with E-state index in [-0.39, 0.29) is 5.91 Å². The maximum absolute atomic E-state index is 12.2. The number of hydrogen-bond donors (Lipinski definition) is 2. The summed E-state index contributed by atoms with van der Waals surface area (Å²) in [5.41, 5.74) is 1.25. The smallest absolute Gasteiger partial charge is 0.259 e. The van der Waals surface area contributed by atoms with E-state index in [9.17, 15) is 4.79 Å². The van der Waals surface area contributed by atoms with E-state index in [0.717, 1.165) is 13.0 Å². The molecule has 2 aromatic rings. The molecule has 0 bridgehead atoms. The van der Waals surface area contributed by atoms with Crippen LogP contribution in [0.3, 0.4) is 0 Å². The number of rotatable bonds is 5. The zero-order valence-corrected chi connectivity index (χ0v) is 10.6. The molecule has 0 unspecified atom stereocenters. The highest BCUT2D eigenvalue weighted by molar-refractivity contribution is 6.07. The maximum Gasteiger partial charge on any atom is 0.259 e. The molecule has 0 aliphatic carbocycles. The Kier molecular flexibility index (Phi) is 4.39. The van der Waals surface area contributed by atoms with Crippen molar-refractivity contribution in [1.29, 1.82) is 0 Å². The van der Waals surface area contributed by atoms with Crippen LogP contribution in [0.15, 0.2) is 37.1 Å². The fourth-order valence-corrected chi connectivity index (χ4v) is 1.54. The summed E-state index contributed by atoms with van der Waals surface area (Å²) in [7, 11) is 0. The summed E-state index contributed by atoms with van der Waals surface area (Å²) in [6.45, 7) is 2.85. The minimum absolute atomic E-state index is 0.235. The van der Waals surface area contributed by atoms with E-state index in [1.54, 1.807) is 24.7 Å². The molecule has 0 saturated heterocycles. The molecule has 0 aliphatic heterocycles. The van der Waals surface area contributed by atoms with Crippen LogP contribution >= 0.6 is 0 Å². The molecule has 0 spiro atoms. The lowest BCUT2D eigenvalue weighted by Crippen LogP contribution is -2.16. The van der Waals surface area contributed by atoms with Gasteiger partial charge in [-0.05, 0) is 12.5 Å². The largest absolute Gasteiger partial charge is 0.383 e. The van der Waals surface area contributed by atoms with Gasteiger partial charge in [-0.1, -0.05) is 6.92 Å². The first-order valence-corrected chi connectivity index (χ1v) is 6.06. The van der Waals surface area contributed by atoms with Crippen LogP contribution in [0.4, 0.5) is 11.5 Å². The molecule has 0 aromatic carbocycles. The number of nitrogens with zero attached hydrogens (tertiary/aromatic N) is 3. The molecule has 0 atom stereocenters. The second kappa shape index (κ2) is 6.44. The Hall–Kier alpha value is -2.50. The fraction of sp³-hybridized carbons (Fsp3) is 0.231. The Morgan fingerprint density at radius 3 is 2.79 bits per heavy atom. The molecule has 6 nitrogen and oxygen atoms in total. The van der Waals surface area contributed by atoms with Gasteiger partial charge in [0.1, 0.15) is 0 Å². The molecule has 98 valence electrons. The number of aromatic nitrogens is 3. The Bertz CT molecular complexity index is 544. The number of anilines is 2. The topological polar surface area (TPSA) is 79.8 Å². The van der Waals surface area contributed by atoms with Crippen LogP contribution in [0.25, 0.3) is 0 Å². The Morgan fingerprint density at radius 2 is 2.05 bits per heavy atom. The summed E-state index contributed by atoms with van der Waals surface area (Å²) in [4.78, 5) is 24.1. The predicted molar refractivity (Wildman–Crippen MR) is 73.0 cm³/mol. The quantitative estimate of drug-likeness (QED) is 0.855. The highest BCUT2D eigenvalue weighted by Gasteiger charge is 2.11. The van der Waals surface area contributed by atoms with Gasteiger partial charge in [0, 0.05) is 25.1 Å². The van der Waals surface area contributed by atoms with E-state index < -0.39 is 0 Å². The fourth-order valence-electron chi connectivity index (χ4n) is 1.54. The molecule has 19 heavy (non-hydrogen) atoms. The zero-order chi connectivity index (χ0) is 13.5. The van der Waals surface area contributed by atoms with Crippen LogP contribution in [0.5, 0.6) is 0 Å². The number of hydrogen-bond acceptors (Lipinski definition) is 5. The predicted octanol–water partition coefficient (Wildman–Crippen LogP) is 1.95. The highest BCUT2D eigenvalue weighted by atomic mass is 16.1. The van der Waals surface area contributed by atoms with Crippen LogP contribution in [-0.4, -0.2) is 27.4 Å². The Labute approximate surface area is 111 Å². The molecular formula is C13H15N5O. The van der Waals surface area contributed by atoms with Crippen molar-refractivity contribution in [3.8, 4) is 0 Å². The minimum Gasteiger partial charge on any atom is -0.383 e. The molecular weight excluding hydrogens is 242 g/mol. The molecule has 0 fully saturated rings. The lowest BCUT2D eigenvalue weighted by atomic mass is 10.2. The van der Waals surface area contributed by atoms with Crippen LogP contribution in [-0.2, 0) is 0 Å². The first-order valence-electron chi connectivity index (χ1n) is 6.06. The van der Waals surface area contributed by atoms with Gasteiger partial charge in [0.05, 0.1) is 23.6 Å². The van der Waals surface area contributed by atoms with Crippen LogP contribution in [0, 0.1) is 0 Å². The maximum atomic E-state index is 12.2. The number of amides is 1. The Balaban J connectivity index is 2.14. The van der Waals surface area contributed by atoms with Crippen molar-refractivity contribution in [2.75, 3.05) is 17.2 Å². The van der Waals surface area contributed by atoms with E-state index >= 15 is 0 Å². The summed E-state index contributed by atoms with van der Waals surface area (Å²) < 4.78 is 0. The van der Waals surface area contributed by atoms with Crippen molar-refractivity contribution in [2.45, 2.75) is 13.3 Å². The molecule has 0 radical (unpaired) electrons. The number of carbonyl (C=O) groups excluding carboxylic acids is 1. The van der Waals surface area contributed by atoms with Crippen LogP contribution in [0.1, 0.15) is 23.7 Å². The third-order valence-corrected chi connectivity index (χ3v) is 2.44. The van der Waals surface area contributed by atoms with Gasteiger partial charge >= 0.3 is 0 Å². The van der Waals surface area contributed by atoms with Gasteiger partial charge in [-0.25, -0.2) is 4.98 Å². The first kappa shape index (κ1) is 12.9. The summed E-state index contributed by atoms with van der Waals surface area (Å²) in [6, 6.07) is 1.67. The van der Waals surface area contributed by atoms with Gasteiger partial charge in [-0.15, -0.1) is 0 Å². The molecule has 2 aromatic heterocycles. The molecule has 0 saturated carbocycles. The molecule has 2 rings (SSSR count). The molecule has 2 N–H and O–H groups in total. The average molecular weight is 257 g/mol. The van der Waals surface area contributed by atoms with E-state index in [1.807, 2.05) is 0 Å². The van der Waals surface area contributed by atoms with Crippen LogP contribution < -0.4 is 10.6 Å². The van der Waals surface area contributed by atoms with Gasteiger partial charge in [0.15, 0.2) is 5.82 Å². The SMILES string of the molecule is CCCNc1cnccc1C(=O)Nc1cnccn1. The van der Waals surface area contributed by atoms with Crippen molar-refractivity contribution >= 4 is 17.4 Å². The van der Waals surface area contributed by atoms with E-state index in [4.69, 9.17) is 0 Å². The van der Waals surface area contributed by atoms with Crippen LogP contribution in [0.2, 0.25) is 0 Å². The van der Waals surface area contributed by atoms with Gasteiger partial charge in [0.2, 0.25) is 0 Å². The lowest BCUT2D eigenvalue weighted by molar-refractivity contribution is 0.102. The summed E-state index contributed by atoms with van der Waals surface area (Å²) in [5, 5.41) is 5.86. The monoisotopic (exact) mass is 257 g/mol. The molecule has 2 heterocycles. The van der Waals surface area contributed by atoms with Gasteiger partial charge in [-0.2, -0.15) is 0 Å². The zero-order valence-electron chi connectivity index (χ0n) is 10.6. The highest BCUT2D eigenvalue weighted by Crippen LogP contribution is 2.15. The number of carbonyl (C=O) groups is 1. The van der Waals surface area contributed by atoms with Crippen molar-refractivity contribution in [2.24, 2.45) is 0 Å². The lowest BCUT2D eigenvalue weighted by Gasteiger charge is -2.10. The average Bonchev–Trinajstić information content (AvgIpc) is 2.46. The third kappa shape index (κ3) is 3.48. The summed E-state index contributed by atoms with van der Waals surface area (Å²) in [6.07, 6.45) is 8.77. The minimum atomic E-state index is -0.235. The summed E-state index contributed by atoms with van der Waals surface area (Å²) >= 11 is 0. The van der Waals surface area contributed by atoms with E-state index in [0.29, 0.717) is 17.1 Å². The summed E-state index contributed by atoms with van der Waals surface area (Å²) in [5.74, 6) is 0.187. The van der Waals surface area contributed by atoms with Gasteiger partial charge in [-0.3, -0.25) is 14.8 Å². The van der Waals surface area contributed by atoms with Gasteiger partial charge in [0.25, 0.3) is 5.91 Å². The van der Waals surface area contributed by atoms with E-state index in [1.165, 1.54) is 12.4 Å². The standard InChI is InChI=1S/C13H15N5O/c1-2-4-16-11-8-14-5-3-10(11)13(19)18-12-9-15-6-7-17-12/h3,5-9,16H,2,4H2,1H3,(H,17,18,19). The van der Waals surface area contributed by atoms with Crippen molar-refractivity contribution in [3.05, 3.63) is 42.6 Å². The second-order valence-electron chi connectivity index (χ2n) is 3.89. The van der Waals surface area contributed by atoms with Crippen molar-refractivity contribution in [3.63, 3.8) is 0 Å². The van der Waals surface area contributed by atoms with E-state index in [2.05, 4.69) is 32.5 Å². The first-order chi connectivity index (χ1) is 9.31. The van der Waals surface area contributed by atoms with Gasteiger partial charge < -0.3 is 10.6 Å². The molecule has 6 heteroatoms. The normalized spacial score (nSPS) is 9.95. The number of pyridine rings is 1. The molecule has 1 amide bonds. The van der Waals surface area contributed by atoms with Crippen molar-refractivity contribution in [1.82, 2.24) is 15.0 Å². The number of nitrogens with one attached hydrogen (secondary N) is 2.